The summed E-state index contributed by atoms with van der Waals surface area (Å²) in [5.41, 5.74) is 0.261. The van der Waals surface area contributed by atoms with Crippen molar-refractivity contribution in [2.75, 3.05) is 29.2 Å². The Kier molecular flexibility index (Phi) is 6.81. The number of carbonyl (C=O) groups is 1. The molecule has 0 aromatic heterocycles. The first-order valence-corrected chi connectivity index (χ1v) is 8.23. The van der Waals surface area contributed by atoms with Crippen LogP contribution in [-0.4, -0.2) is 30.2 Å². The molecule has 21 heavy (non-hydrogen) atoms. The summed E-state index contributed by atoms with van der Waals surface area (Å²) in [7, 11) is 0. The monoisotopic (exact) mass is 314 g/mol. The molecular formula is C15H23FN2O2S. The number of carbonyl (C=O) groups excluding carboxylic acids is 1. The smallest absolute Gasteiger partial charge is 0.412 e. The van der Waals surface area contributed by atoms with E-state index in [1.54, 1.807) is 44.7 Å². The Morgan fingerprint density at radius 3 is 2.71 bits per heavy atom. The van der Waals surface area contributed by atoms with Gasteiger partial charge in [-0.2, -0.15) is 11.8 Å². The minimum absolute atomic E-state index is 0.110. The van der Waals surface area contributed by atoms with Crippen LogP contribution in [-0.2, 0) is 4.74 Å². The third kappa shape index (κ3) is 7.22. The van der Waals surface area contributed by atoms with E-state index in [1.165, 1.54) is 6.07 Å². The van der Waals surface area contributed by atoms with E-state index in [4.69, 9.17) is 4.74 Å². The maximum atomic E-state index is 13.7. The molecule has 0 spiro atoms. The van der Waals surface area contributed by atoms with E-state index in [1.807, 2.05) is 0 Å². The third-order valence-corrected chi connectivity index (χ3v) is 3.15. The van der Waals surface area contributed by atoms with Gasteiger partial charge in [-0.1, -0.05) is 0 Å². The number of amides is 1. The van der Waals surface area contributed by atoms with Gasteiger partial charge in [0.15, 0.2) is 0 Å². The molecular weight excluding hydrogens is 291 g/mol. The summed E-state index contributed by atoms with van der Waals surface area (Å²) in [5, 5.41) is 5.62. The molecule has 1 aromatic rings. The van der Waals surface area contributed by atoms with E-state index in [-0.39, 0.29) is 5.69 Å². The molecule has 0 saturated heterocycles. The van der Waals surface area contributed by atoms with E-state index in [2.05, 4.69) is 16.9 Å². The van der Waals surface area contributed by atoms with Crippen LogP contribution in [0.1, 0.15) is 27.2 Å². The van der Waals surface area contributed by atoms with Gasteiger partial charge in [0.1, 0.15) is 11.4 Å². The van der Waals surface area contributed by atoms with Crippen molar-refractivity contribution in [3.8, 4) is 0 Å². The predicted octanol–water partition coefficient (Wildman–Crippen LogP) is 4.34. The Bertz CT molecular complexity index is 475. The summed E-state index contributed by atoms with van der Waals surface area (Å²) in [6.45, 7) is 6.07. The zero-order chi connectivity index (χ0) is 15.9. The molecule has 0 aliphatic carbocycles. The lowest BCUT2D eigenvalue weighted by Crippen LogP contribution is -2.27. The maximum absolute atomic E-state index is 13.7. The van der Waals surface area contributed by atoms with Crippen LogP contribution in [0, 0.1) is 5.82 Å². The number of nitrogens with one attached hydrogen (secondary N) is 2. The Morgan fingerprint density at radius 2 is 2.10 bits per heavy atom. The predicted molar refractivity (Wildman–Crippen MR) is 87.7 cm³/mol. The largest absolute Gasteiger partial charge is 0.444 e. The fraction of sp³-hybridized carbons (Fsp3) is 0.533. The van der Waals surface area contributed by atoms with Crippen LogP contribution in [0.3, 0.4) is 0 Å². The Labute approximate surface area is 129 Å². The second-order valence-corrected chi connectivity index (χ2v) is 6.58. The number of benzene rings is 1. The van der Waals surface area contributed by atoms with Crippen molar-refractivity contribution in [3.63, 3.8) is 0 Å². The van der Waals surface area contributed by atoms with Crippen molar-refractivity contribution in [1.82, 2.24) is 0 Å². The van der Waals surface area contributed by atoms with Crippen LogP contribution in [0.25, 0.3) is 0 Å². The number of ether oxygens (including phenoxy) is 1. The van der Waals surface area contributed by atoms with Crippen LogP contribution in [0.15, 0.2) is 18.2 Å². The van der Waals surface area contributed by atoms with Gasteiger partial charge in [-0.05, 0) is 57.4 Å². The number of thioether (sulfide) groups is 1. The van der Waals surface area contributed by atoms with Crippen LogP contribution < -0.4 is 10.6 Å². The standard InChI is InChI=1S/C15H23FN2O2S/c1-15(2,3)20-14(19)18-13-10-11(6-7-12(13)16)17-8-5-9-21-4/h6-7,10,17H,5,8-9H2,1-4H3,(H,18,19). The van der Waals surface area contributed by atoms with Crippen molar-refractivity contribution < 1.29 is 13.9 Å². The minimum atomic E-state index is -0.666. The van der Waals surface area contributed by atoms with Gasteiger partial charge in [0.25, 0.3) is 0 Å². The summed E-state index contributed by atoms with van der Waals surface area (Å²) < 4.78 is 18.8. The summed E-state index contributed by atoms with van der Waals surface area (Å²) in [4.78, 5) is 11.7. The Balaban J connectivity index is 2.63. The molecule has 2 N–H and O–H groups in total. The fourth-order valence-corrected chi connectivity index (χ4v) is 2.03. The van der Waals surface area contributed by atoms with Gasteiger partial charge in [0.05, 0.1) is 5.69 Å². The van der Waals surface area contributed by atoms with Gasteiger partial charge < -0.3 is 10.1 Å². The van der Waals surface area contributed by atoms with Crippen molar-refractivity contribution in [1.29, 1.82) is 0 Å². The van der Waals surface area contributed by atoms with E-state index in [0.29, 0.717) is 0 Å². The van der Waals surface area contributed by atoms with E-state index >= 15 is 0 Å². The van der Waals surface area contributed by atoms with Gasteiger partial charge in [-0.25, -0.2) is 9.18 Å². The topological polar surface area (TPSA) is 50.4 Å². The number of halogens is 1. The average Bonchev–Trinajstić information content (AvgIpc) is 2.36. The molecule has 1 aromatic carbocycles. The summed E-state index contributed by atoms with van der Waals surface area (Å²) >= 11 is 1.78. The fourth-order valence-electron chi connectivity index (χ4n) is 1.59. The van der Waals surface area contributed by atoms with Gasteiger partial charge in [0, 0.05) is 12.2 Å². The quantitative estimate of drug-likeness (QED) is 0.767. The lowest BCUT2D eigenvalue weighted by Gasteiger charge is -2.20. The summed E-state index contributed by atoms with van der Waals surface area (Å²) in [6.07, 6.45) is 2.41. The Hall–Kier alpha value is -1.43. The van der Waals surface area contributed by atoms with E-state index in [0.717, 1.165) is 24.4 Å². The van der Waals surface area contributed by atoms with Crippen LogP contribution in [0.4, 0.5) is 20.6 Å². The molecule has 1 rings (SSSR count). The van der Waals surface area contributed by atoms with Crippen LogP contribution in [0.2, 0.25) is 0 Å². The molecule has 0 aliphatic rings. The highest BCUT2D eigenvalue weighted by Gasteiger charge is 2.17. The van der Waals surface area contributed by atoms with Crippen molar-refractivity contribution in [2.24, 2.45) is 0 Å². The molecule has 0 atom stereocenters. The van der Waals surface area contributed by atoms with Crippen molar-refractivity contribution in [3.05, 3.63) is 24.0 Å². The van der Waals surface area contributed by atoms with Gasteiger partial charge in [-0.15, -0.1) is 0 Å². The lowest BCUT2D eigenvalue weighted by atomic mass is 10.2. The minimum Gasteiger partial charge on any atom is -0.444 e. The third-order valence-electron chi connectivity index (χ3n) is 2.46. The second-order valence-electron chi connectivity index (χ2n) is 5.59. The first-order valence-electron chi connectivity index (χ1n) is 6.84. The summed E-state index contributed by atoms with van der Waals surface area (Å²) in [6, 6.07) is 4.54. The molecule has 0 heterocycles. The SMILES string of the molecule is CSCCCNc1ccc(F)c(NC(=O)OC(C)(C)C)c1. The number of hydrogen-bond donors (Lipinski definition) is 2. The summed E-state index contributed by atoms with van der Waals surface area (Å²) in [5.74, 6) is 0.576. The molecule has 0 bridgehead atoms. The Morgan fingerprint density at radius 1 is 1.38 bits per heavy atom. The average molecular weight is 314 g/mol. The van der Waals surface area contributed by atoms with E-state index < -0.39 is 17.5 Å². The number of rotatable bonds is 6. The molecule has 1 amide bonds. The van der Waals surface area contributed by atoms with Crippen LogP contribution in [0.5, 0.6) is 0 Å². The van der Waals surface area contributed by atoms with E-state index in [9.17, 15) is 9.18 Å². The molecule has 118 valence electrons. The zero-order valence-electron chi connectivity index (χ0n) is 13.0. The first-order chi connectivity index (χ1) is 9.81. The normalized spacial score (nSPS) is 11.1. The molecule has 6 heteroatoms. The number of hydrogen-bond acceptors (Lipinski definition) is 4. The zero-order valence-corrected chi connectivity index (χ0v) is 13.8. The van der Waals surface area contributed by atoms with Gasteiger partial charge in [0.2, 0.25) is 0 Å². The van der Waals surface area contributed by atoms with Crippen molar-refractivity contribution in [2.45, 2.75) is 32.8 Å². The van der Waals surface area contributed by atoms with Crippen LogP contribution >= 0.6 is 11.8 Å². The highest BCUT2D eigenvalue weighted by molar-refractivity contribution is 7.98. The molecule has 0 unspecified atom stereocenters. The lowest BCUT2D eigenvalue weighted by molar-refractivity contribution is 0.0635. The van der Waals surface area contributed by atoms with Crippen molar-refractivity contribution >= 4 is 29.2 Å². The number of anilines is 2. The second kappa shape index (κ2) is 8.12. The first kappa shape index (κ1) is 17.6. The maximum Gasteiger partial charge on any atom is 0.412 e. The molecule has 0 saturated carbocycles. The highest BCUT2D eigenvalue weighted by Crippen LogP contribution is 2.20. The molecule has 0 aliphatic heterocycles. The molecule has 4 nitrogen and oxygen atoms in total. The molecule has 0 fully saturated rings. The molecule has 0 radical (unpaired) electrons. The van der Waals surface area contributed by atoms with Gasteiger partial charge in [-0.3, -0.25) is 5.32 Å². The highest BCUT2D eigenvalue weighted by atomic mass is 32.2. The van der Waals surface area contributed by atoms with Gasteiger partial charge >= 0.3 is 6.09 Å².